The largest absolute Gasteiger partial charge is 0.496 e. The predicted octanol–water partition coefficient (Wildman–Crippen LogP) is 3.62. The topological polar surface area (TPSA) is 26.3 Å². The Labute approximate surface area is 106 Å². The Bertz CT molecular complexity index is 364. The van der Waals surface area contributed by atoms with Gasteiger partial charge in [-0.2, -0.15) is 0 Å². The molecule has 2 nitrogen and oxygen atoms in total. The monoisotopic (exact) mass is 334 g/mol. The van der Waals surface area contributed by atoms with Crippen LogP contribution in [-0.2, 0) is 10.1 Å². The van der Waals surface area contributed by atoms with Crippen LogP contribution in [0.25, 0.3) is 0 Å². The first kappa shape index (κ1) is 12.7. The lowest BCUT2D eigenvalue weighted by Gasteiger charge is -2.14. The molecular formula is C11H12Br2O2. The van der Waals surface area contributed by atoms with E-state index in [1.54, 1.807) is 14.0 Å². The van der Waals surface area contributed by atoms with E-state index in [9.17, 15) is 4.79 Å². The van der Waals surface area contributed by atoms with Crippen molar-refractivity contribution in [1.82, 2.24) is 0 Å². The quantitative estimate of drug-likeness (QED) is 0.785. The maximum absolute atomic E-state index is 11.3. The van der Waals surface area contributed by atoms with Gasteiger partial charge in [0.05, 0.1) is 11.9 Å². The molecule has 0 aliphatic carbocycles. The van der Waals surface area contributed by atoms with E-state index in [1.165, 1.54) is 0 Å². The van der Waals surface area contributed by atoms with Crippen molar-refractivity contribution in [2.75, 3.05) is 7.11 Å². The Balaban J connectivity index is 3.22. The highest BCUT2D eigenvalue weighted by molar-refractivity contribution is 9.09. The Kier molecular flexibility index (Phi) is 4.80. The zero-order chi connectivity index (χ0) is 11.4. The van der Waals surface area contributed by atoms with Crippen molar-refractivity contribution in [2.45, 2.75) is 17.1 Å². The van der Waals surface area contributed by atoms with E-state index in [1.807, 2.05) is 18.2 Å². The third kappa shape index (κ3) is 2.82. The Morgan fingerprint density at radius 3 is 2.67 bits per heavy atom. The van der Waals surface area contributed by atoms with Crippen LogP contribution in [0.15, 0.2) is 18.2 Å². The number of hydrogen-bond acceptors (Lipinski definition) is 2. The number of benzene rings is 1. The van der Waals surface area contributed by atoms with Gasteiger partial charge in [0.1, 0.15) is 11.5 Å². The third-order valence-corrected chi connectivity index (χ3v) is 3.85. The molecule has 1 rings (SSSR count). The van der Waals surface area contributed by atoms with Crippen molar-refractivity contribution in [3.63, 3.8) is 0 Å². The predicted molar refractivity (Wildman–Crippen MR) is 68.0 cm³/mol. The van der Waals surface area contributed by atoms with E-state index in [-0.39, 0.29) is 10.6 Å². The van der Waals surface area contributed by atoms with Gasteiger partial charge < -0.3 is 4.74 Å². The third-order valence-electron chi connectivity index (χ3n) is 2.15. The van der Waals surface area contributed by atoms with Crippen LogP contribution in [0.2, 0.25) is 0 Å². The van der Waals surface area contributed by atoms with Gasteiger partial charge in [-0.15, -0.1) is 0 Å². The molecule has 0 amide bonds. The van der Waals surface area contributed by atoms with Crippen molar-refractivity contribution in [1.29, 1.82) is 0 Å². The highest BCUT2D eigenvalue weighted by Crippen LogP contribution is 2.33. The fourth-order valence-electron chi connectivity index (χ4n) is 1.37. The Morgan fingerprint density at radius 2 is 2.20 bits per heavy atom. The van der Waals surface area contributed by atoms with E-state index in [4.69, 9.17) is 4.74 Å². The summed E-state index contributed by atoms with van der Waals surface area (Å²) in [6.45, 7) is 1.57. The highest BCUT2D eigenvalue weighted by Gasteiger charge is 2.18. The molecule has 0 saturated heterocycles. The smallest absolute Gasteiger partial charge is 0.147 e. The summed E-state index contributed by atoms with van der Waals surface area (Å²) in [6.07, 6.45) is 0. The SMILES string of the molecule is COc1cccc(C(Br)C(C)=O)c1CBr. The van der Waals surface area contributed by atoms with E-state index in [0.717, 1.165) is 16.9 Å². The summed E-state index contributed by atoms with van der Waals surface area (Å²) in [4.78, 5) is 11.0. The zero-order valence-electron chi connectivity index (χ0n) is 8.59. The second-order valence-corrected chi connectivity index (χ2v) is 4.61. The highest BCUT2D eigenvalue weighted by atomic mass is 79.9. The molecule has 1 unspecified atom stereocenters. The van der Waals surface area contributed by atoms with E-state index in [2.05, 4.69) is 31.9 Å². The average Bonchev–Trinajstić information content (AvgIpc) is 2.26. The molecule has 4 heteroatoms. The lowest BCUT2D eigenvalue weighted by Crippen LogP contribution is -2.05. The van der Waals surface area contributed by atoms with Crippen molar-refractivity contribution < 1.29 is 9.53 Å². The number of carbonyl (C=O) groups is 1. The summed E-state index contributed by atoms with van der Waals surface area (Å²) in [5.74, 6) is 0.889. The maximum atomic E-state index is 11.3. The van der Waals surface area contributed by atoms with Crippen molar-refractivity contribution in [3.8, 4) is 5.75 Å². The number of ether oxygens (including phenoxy) is 1. The van der Waals surface area contributed by atoms with Crippen molar-refractivity contribution in [2.24, 2.45) is 0 Å². The molecule has 0 aliphatic rings. The molecule has 0 heterocycles. The number of alkyl halides is 2. The second kappa shape index (κ2) is 5.66. The number of ketones is 1. The van der Waals surface area contributed by atoms with Crippen LogP contribution in [0.1, 0.15) is 22.9 Å². The molecule has 0 bridgehead atoms. The van der Waals surface area contributed by atoms with Crippen LogP contribution in [0, 0.1) is 0 Å². The van der Waals surface area contributed by atoms with Crippen LogP contribution in [0.3, 0.4) is 0 Å². The summed E-state index contributed by atoms with van der Waals surface area (Å²) in [7, 11) is 1.63. The van der Waals surface area contributed by atoms with E-state index in [0.29, 0.717) is 5.33 Å². The van der Waals surface area contributed by atoms with Crippen molar-refractivity contribution >= 4 is 37.6 Å². The van der Waals surface area contributed by atoms with Crippen LogP contribution in [0.4, 0.5) is 0 Å². The van der Waals surface area contributed by atoms with Gasteiger partial charge in [0.15, 0.2) is 0 Å². The molecule has 0 fully saturated rings. The fourth-order valence-corrected chi connectivity index (χ4v) is 2.40. The molecule has 0 aromatic heterocycles. The Hall–Kier alpha value is -0.350. The molecule has 1 aromatic carbocycles. The molecule has 82 valence electrons. The van der Waals surface area contributed by atoms with Crippen LogP contribution in [0.5, 0.6) is 5.75 Å². The molecule has 0 spiro atoms. The molecule has 0 aliphatic heterocycles. The van der Waals surface area contributed by atoms with Gasteiger partial charge in [-0.25, -0.2) is 0 Å². The summed E-state index contributed by atoms with van der Waals surface area (Å²) in [5.41, 5.74) is 1.97. The molecule has 0 radical (unpaired) electrons. The van der Waals surface area contributed by atoms with Gasteiger partial charge in [-0.1, -0.05) is 44.0 Å². The van der Waals surface area contributed by atoms with Gasteiger partial charge in [0.25, 0.3) is 0 Å². The zero-order valence-corrected chi connectivity index (χ0v) is 11.8. The molecular weight excluding hydrogens is 324 g/mol. The summed E-state index contributed by atoms with van der Waals surface area (Å²) < 4.78 is 5.24. The number of carbonyl (C=O) groups excluding carboxylic acids is 1. The molecule has 0 N–H and O–H groups in total. The molecule has 0 saturated carbocycles. The number of rotatable bonds is 4. The standard InChI is InChI=1S/C11H12Br2O2/c1-7(14)11(13)8-4-3-5-10(15-2)9(8)6-12/h3-5,11H,6H2,1-2H3. The number of hydrogen-bond donors (Lipinski definition) is 0. The van der Waals surface area contributed by atoms with E-state index < -0.39 is 0 Å². The number of halogens is 2. The first-order valence-corrected chi connectivity index (χ1v) is 6.51. The second-order valence-electron chi connectivity index (χ2n) is 3.13. The number of Topliss-reactive ketones (excluding diaryl/α,β-unsaturated/α-hetero) is 1. The summed E-state index contributed by atoms with van der Waals surface area (Å²) in [6, 6.07) is 5.71. The first-order chi connectivity index (χ1) is 7.11. The molecule has 15 heavy (non-hydrogen) atoms. The van der Waals surface area contributed by atoms with Gasteiger partial charge in [-0.3, -0.25) is 4.79 Å². The van der Waals surface area contributed by atoms with Gasteiger partial charge in [-0.05, 0) is 18.6 Å². The van der Waals surface area contributed by atoms with Crippen LogP contribution < -0.4 is 4.74 Å². The van der Waals surface area contributed by atoms with Gasteiger partial charge >= 0.3 is 0 Å². The minimum atomic E-state index is -0.264. The fraction of sp³-hybridized carbons (Fsp3) is 0.364. The summed E-state index contributed by atoms with van der Waals surface area (Å²) >= 11 is 6.78. The van der Waals surface area contributed by atoms with Crippen LogP contribution in [-0.4, -0.2) is 12.9 Å². The lowest BCUT2D eigenvalue weighted by molar-refractivity contribution is -0.116. The Morgan fingerprint density at radius 1 is 1.53 bits per heavy atom. The normalized spacial score (nSPS) is 12.3. The minimum Gasteiger partial charge on any atom is -0.496 e. The lowest BCUT2D eigenvalue weighted by atomic mass is 10.0. The first-order valence-electron chi connectivity index (χ1n) is 4.48. The summed E-state index contributed by atoms with van der Waals surface area (Å²) in [5, 5.41) is 0.668. The maximum Gasteiger partial charge on any atom is 0.147 e. The average molecular weight is 336 g/mol. The van der Waals surface area contributed by atoms with Crippen LogP contribution >= 0.6 is 31.9 Å². The molecule has 1 aromatic rings. The van der Waals surface area contributed by atoms with Gasteiger partial charge in [0.2, 0.25) is 0 Å². The minimum absolute atomic E-state index is 0.0884. The van der Waals surface area contributed by atoms with E-state index >= 15 is 0 Å². The molecule has 1 atom stereocenters. The van der Waals surface area contributed by atoms with Crippen molar-refractivity contribution in [3.05, 3.63) is 29.3 Å². The number of methoxy groups -OCH3 is 1. The van der Waals surface area contributed by atoms with Gasteiger partial charge in [0, 0.05) is 10.9 Å².